The Bertz CT molecular complexity index is 643. The maximum Gasteiger partial charge on any atom is 0.255 e. The van der Waals surface area contributed by atoms with Gasteiger partial charge in [-0.2, -0.15) is 0 Å². The van der Waals surface area contributed by atoms with Gasteiger partial charge in [0.15, 0.2) is 0 Å². The molecule has 0 saturated carbocycles. The molecule has 2 aromatic carbocycles. The summed E-state index contributed by atoms with van der Waals surface area (Å²) in [5, 5.41) is 2.88. The number of hydrogen-bond donors (Lipinski definition) is 1. The molecule has 0 spiro atoms. The standard InChI is InChI=1S/C19H21NO3/c1-14-4-6-15(7-5-14)19(21)20-16-8-10-17(11-9-16)23-13-18-3-2-12-22-18/h4-11,18H,2-3,12-13H2,1H3,(H,20,21). The van der Waals surface area contributed by atoms with Gasteiger partial charge in [0, 0.05) is 17.9 Å². The summed E-state index contributed by atoms with van der Waals surface area (Å²) in [6, 6.07) is 14.9. The monoisotopic (exact) mass is 311 g/mol. The Morgan fingerprint density at radius 1 is 1.17 bits per heavy atom. The highest BCUT2D eigenvalue weighted by Crippen LogP contribution is 2.19. The van der Waals surface area contributed by atoms with E-state index < -0.39 is 0 Å². The van der Waals surface area contributed by atoms with Crippen LogP contribution in [0.15, 0.2) is 48.5 Å². The molecule has 2 aromatic rings. The van der Waals surface area contributed by atoms with Gasteiger partial charge >= 0.3 is 0 Å². The molecular formula is C19H21NO3. The lowest BCUT2D eigenvalue weighted by Crippen LogP contribution is -2.16. The predicted octanol–water partition coefficient (Wildman–Crippen LogP) is 3.81. The van der Waals surface area contributed by atoms with Gasteiger partial charge < -0.3 is 14.8 Å². The number of anilines is 1. The lowest BCUT2D eigenvalue weighted by Gasteiger charge is -2.12. The first-order valence-electron chi connectivity index (χ1n) is 7.93. The highest BCUT2D eigenvalue weighted by atomic mass is 16.5. The summed E-state index contributed by atoms with van der Waals surface area (Å²) in [7, 11) is 0. The van der Waals surface area contributed by atoms with Crippen LogP contribution in [-0.4, -0.2) is 25.2 Å². The fraction of sp³-hybridized carbons (Fsp3) is 0.316. The quantitative estimate of drug-likeness (QED) is 0.913. The van der Waals surface area contributed by atoms with Crippen molar-refractivity contribution in [2.45, 2.75) is 25.9 Å². The van der Waals surface area contributed by atoms with E-state index in [9.17, 15) is 4.79 Å². The summed E-state index contributed by atoms with van der Waals surface area (Å²) in [5.41, 5.74) is 2.53. The predicted molar refractivity (Wildman–Crippen MR) is 90.0 cm³/mol. The van der Waals surface area contributed by atoms with Crippen molar-refractivity contribution in [1.82, 2.24) is 0 Å². The van der Waals surface area contributed by atoms with Crippen molar-refractivity contribution in [3.63, 3.8) is 0 Å². The van der Waals surface area contributed by atoms with Crippen LogP contribution in [0.1, 0.15) is 28.8 Å². The molecule has 1 unspecified atom stereocenters. The van der Waals surface area contributed by atoms with E-state index in [0.717, 1.165) is 36.4 Å². The summed E-state index contributed by atoms with van der Waals surface area (Å²) in [6.07, 6.45) is 2.37. The van der Waals surface area contributed by atoms with Gasteiger partial charge in [0.05, 0.1) is 6.10 Å². The average molecular weight is 311 g/mol. The van der Waals surface area contributed by atoms with E-state index in [4.69, 9.17) is 9.47 Å². The Labute approximate surface area is 136 Å². The summed E-state index contributed by atoms with van der Waals surface area (Å²) in [6.45, 7) is 3.41. The number of hydrogen-bond acceptors (Lipinski definition) is 3. The number of amides is 1. The van der Waals surface area contributed by atoms with Crippen LogP contribution in [0.25, 0.3) is 0 Å². The Morgan fingerprint density at radius 3 is 2.57 bits per heavy atom. The molecule has 3 rings (SSSR count). The number of benzene rings is 2. The highest BCUT2D eigenvalue weighted by molar-refractivity contribution is 6.04. The molecule has 0 radical (unpaired) electrons. The Balaban J connectivity index is 1.54. The molecule has 0 aromatic heterocycles. The van der Waals surface area contributed by atoms with Crippen molar-refractivity contribution < 1.29 is 14.3 Å². The summed E-state index contributed by atoms with van der Waals surface area (Å²) < 4.78 is 11.2. The topological polar surface area (TPSA) is 47.6 Å². The molecule has 1 saturated heterocycles. The number of ether oxygens (including phenoxy) is 2. The van der Waals surface area contributed by atoms with E-state index >= 15 is 0 Å². The average Bonchev–Trinajstić information content (AvgIpc) is 3.08. The van der Waals surface area contributed by atoms with Gasteiger partial charge in [-0.3, -0.25) is 4.79 Å². The number of aryl methyl sites for hydroxylation is 1. The second-order valence-electron chi connectivity index (χ2n) is 5.79. The Morgan fingerprint density at radius 2 is 1.91 bits per heavy atom. The molecule has 1 amide bonds. The zero-order valence-corrected chi connectivity index (χ0v) is 13.2. The first-order chi connectivity index (χ1) is 11.2. The molecule has 1 heterocycles. The number of carbonyl (C=O) groups excluding carboxylic acids is 1. The van der Waals surface area contributed by atoms with Gasteiger partial charge in [0.2, 0.25) is 0 Å². The van der Waals surface area contributed by atoms with Crippen LogP contribution in [0.4, 0.5) is 5.69 Å². The third kappa shape index (κ3) is 4.33. The largest absolute Gasteiger partial charge is 0.491 e. The first kappa shape index (κ1) is 15.6. The van der Waals surface area contributed by atoms with Crippen LogP contribution in [0.2, 0.25) is 0 Å². The maximum absolute atomic E-state index is 12.2. The zero-order valence-electron chi connectivity index (χ0n) is 13.2. The molecule has 1 fully saturated rings. The molecule has 120 valence electrons. The molecule has 1 aliphatic heterocycles. The molecule has 23 heavy (non-hydrogen) atoms. The van der Waals surface area contributed by atoms with Crippen LogP contribution < -0.4 is 10.1 Å². The van der Waals surface area contributed by atoms with E-state index in [2.05, 4.69) is 5.32 Å². The lowest BCUT2D eigenvalue weighted by atomic mass is 10.1. The normalized spacial score (nSPS) is 17.0. The van der Waals surface area contributed by atoms with Gasteiger partial charge in [-0.25, -0.2) is 0 Å². The second kappa shape index (κ2) is 7.29. The van der Waals surface area contributed by atoms with E-state index in [0.29, 0.717) is 12.2 Å². The summed E-state index contributed by atoms with van der Waals surface area (Å²) in [5.74, 6) is 0.673. The number of nitrogens with one attached hydrogen (secondary N) is 1. The molecule has 1 atom stereocenters. The zero-order chi connectivity index (χ0) is 16.1. The van der Waals surface area contributed by atoms with Crippen molar-refractivity contribution in [2.75, 3.05) is 18.5 Å². The van der Waals surface area contributed by atoms with E-state index in [-0.39, 0.29) is 12.0 Å². The van der Waals surface area contributed by atoms with E-state index in [1.807, 2.05) is 55.5 Å². The minimum Gasteiger partial charge on any atom is -0.491 e. The summed E-state index contributed by atoms with van der Waals surface area (Å²) in [4.78, 5) is 12.2. The third-order valence-corrected chi connectivity index (χ3v) is 3.89. The van der Waals surface area contributed by atoms with Crippen molar-refractivity contribution in [3.8, 4) is 5.75 Å². The van der Waals surface area contributed by atoms with Crippen molar-refractivity contribution in [1.29, 1.82) is 0 Å². The van der Waals surface area contributed by atoms with Gasteiger partial charge in [-0.15, -0.1) is 0 Å². The van der Waals surface area contributed by atoms with E-state index in [1.54, 1.807) is 0 Å². The third-order valence-electron chi connectivity index (χ3n) is 3.89. The molecule has 4 heteroatoms. The highest BCUT2D eigenvalue weighted by Gasteiger charge is 2.15. The molecule has 0 bridgehead atoms. The van der Waals surface area contributed by atoms with Crippen molar-refractivity contribution in [3.05, 3.63) is 59.7 Å². The minimum absolute atomic E-state index is 0.113. The smallest absolute Gasteiger partial charge is 0.255 e. The molecular weight excluding hydrogens is 290 g/mol. The Hall–Kier alpha value is -2.33. The SMILES string of the molecule is Cc1ccc(C(=O)Nc2ccc(OCC3CCCO3)cc2)cc1. The van der Waals surface area contributed by atoms with Crippen LogP contribution in [0, 0.1) is 6.92 Å². The van der Waals surface area contributed by atoms with Crippen LogP contribution in [-0.2, 0) is 4.74 Å². The summed E-state index contributed by atoms with van der Waals surface area (Å²) >= 11 is 0. The molecule has 1 N–H and O–H groups in total. The van der Waals surface area contributed by atoms with Crippen molar-refractivity contribution in [2.24, 2.45) is 0 Å². The lowest BCUT2D eigenvalue weighted by molar-refractivity contribution is 0.0679. The van der Waals surface area contributed by atoms with E-state index in [1.165, 1.54) is 0 Å². The fourth-order valence-corrected chi connectivity index (χ4v) is 2.51. The van der Waals surface area contributed by atoms with Gasteiger partial charge in [-0.05, 0) is 56.2 Å². The van der Waals surface area contributed by atoms with Crippen LogP contribution in [0.5, 0.6) is 5.75 Å². The van der Waals surface area contributed by atoms with Crippen LogP contribution >= 0.6 is 0 Å². The van der Waals surface area contributed by atoms with Gasteiger partial charge in [0.1, 0.15) is 12.4 Å². The first-order valence-corrected chi connectivity index (χ1v) is 7.93. The van der Waals surface area contributed by atoms with Crippen molar-refractivity contribution >= 4 is 11.6 Å². The number of carbonyl (C=O) groups is 1. The minimum atomic E-state index is -0.113. The molecule has 4 nitrogen and oxygen atoms in total. The Kier molecular flexibility index (Phi) is 4.93. The fourth-order valence-electron chi connectivity index (χ4n) is 2.51. The van der Waals surface area contributed by atoms with Gasteiger partial charge in [0.25, 0.3) is 5.91 Å². The molecule has 0 aliphatic carbocycles. The number of rotatable bonds is 5. The second-order valence-corrected chi connectivity index (χ2v) is 5.79. The molecule has 1 aliphatic rings. The van der Waals surface area contributed by atoms with Gasteiger partial charge in [-0.1, -0.05) is 17.7 Å². The van der Waals surface area contributed by atoms with Crippen LogP contribution in [0.3, 0.4) is 0 Å². The maximum atomic E-state index is 12.2.